The van der Waals surface area contributed by atoms with Crippen LogP contribution in [0.25, 0.3) is 0 Å². The highest BCUT2D eigenvalue weighted by molar-refractivity contribution is 5.40. The molecule has 0 aromatic heterocycles. The number of ether oxygens (including phenoxy) is 1. The lowest BCUT2D eigenvalue weighted by molar-refractivity contribution is 0.258. The van der Waals surface area contributed by atoms with Crippen molar-refractivity contribution in [3.8, 4) is 5.75 Å². The molecule has 0 amide bonds. The Kier molecular flexibility index (Phi) is 2.49. The van der Waals surface area contributed by atoms with Gasteiger partial charge in [-0.05, 0) is 47.4 Å². The van der Waals surface area contributed by atoms with E-state index >= 15 is 0 Å². The normalized spacial score (nSPS) is 23.3. The van der Waals surface area contributed by atoms with Gasteiger partial charge in [-0.25, -0.2) is 0 Å². The van der Waals surface area contributed by atoms with Crippen LogP contribution in [0.3, 0.4) is 0 Å². The van der Waals surface area contributed by atoms with Gasteiger partial charge in [0.2, 0.25) is 0 Å². The van der Waals surface area contributed by atoms with Crippen molar-refractivity contribution < 1.29 is 4.74 Å². The van der Waals surface area contributed by atoms with Crippen LogP contribution in [-0.4, -0.2) is 7.11 Å². The van der Waals surface area contributed by atoms with Crippen molar-refractivity contribution in [2.24, 2.45) is 5.41 Å². The smallest absolute Gasteiger partial charge is 0.119 e. The van der Waals surface area contributed by atoms with Crippen LogP contribution in [0.4, 0.5) is 0 Å². The zero-order valence-electron chi connectivity index (χ0n) is 10.1. The van der Waals surface area contributed by atoms with Gasteiger partial charge in [0, 0.05) is 0 Å². The van der Waals surface area contributed by atoms with Crippen molar-refractivity contribution in [1.29, 1.82) is 0 Å². The Morgan fingerprint density at radius 2 is 2.07 bits per heavy atom. The summed E-state index contributed by atoms with van der Waals surface area (Å²) in [5, 5.41) is 0. The Labute approximate surface area is 92.5 Å². The Morgan fingerprint density at radius 1 is 1.33 bits per heavy atom. The van der Waals surface area contributed by atoms with E-state index in [-0.39, 0.29) is 0 Å². The fourth-order valence-electron chi connectivity index (χ4n) is 2.43. The van der Waals surface area contributed by atoms with Crippen LogP contribution in [0.1, 0.15) is 44.2 Å². The van der Waals surface area contributed by atoms with E-state index in [0.717, 1.165) is 5.75 Å². The fraction of sp³-hybridized carbons (Fsp3) is 0.571. The first-order chi connectivity index (χ1) is 7.04. The molecule has 2 rings (SSSR count). The lowest BCUT2D eigenvalue weighted by atomic mass is 9.67. The minimum Gasteiger partial charge on any atom is -0.497 e. The molecule has 82 valence electrons. The molecule has 1 heteroatoms. The van der Waals surface area contributed by atoms with Crippen molar-refractivity contribution >= 4 is 0 Å². The number of methoxy groups -OCH3 is 1. The molecule has 1 nitrogen and oxygen atoms in total. The summed E-state index contributed by atoms with van der Waals surface area (Å²) >= 11 is 0. The Bertz CT molecular complexity index is 366. The molecule has 1 aromatic rings. The Balaban J connectivity index is 2.44. The third-order valence-corrected chi connectivity index (χ3v) is 4.03. The van der Waals surface area contributed by atoms with Crippen molar-refractivity contribution in [3.63, 3.8) is 0 Å². The summed E-state index contributed by atoms with van der Waals surface area (Å²) in [5.74, 6) is 1.61. The van der Waals surface area contributed by atoms with Gasteiger partial charge in [0.15, 0.2) is 0 Å². The molecule has 15 heavy (non-hydrogen) atoms. The molecule has 0 saturated carbocycles. The number of benzene rings is 1. The number of rotatable bonds is 1. The molecular weight excluding hydrogens is 184 g/mol. The average molecular weight is 204 g/mol. The predicted octanol–water partition coefficient (Wildman–Crippen LogP) is 3.77. The maximum Gasteiger partial charge on any atom is 0.119 e. The van der Waals surface area contributed by atoms with Crippen LogP contribution in [0, 0.1) is 5.41 Å². The van der Waals surface area contributed by atoms with Gasteiger partial charge in [-0.3, -0.25) is 0 Å². The Morgan fingerprint density at radius 3 is 2.73 bits per heavy atom. The van der Waals surface area contributed by atoms with E-state index in [2.05, 4.69) is 39.0 Å². The van der Waals surface area contributed by atoms with Crippen LogP contribution in [-0.2, 0) is 6.42 Å². The number of hydrogen-bond donors (Lipinski definition) is 0. The highest BCUT2D eigenvalue weighted by Crippen LogP contribution is 2.45. The van der Waals surface area contributed by atoms with Gasteiger partial charge in [0.25, 0.3) is 0 Å². The summed E-state index contributed by atoms with van der Waals surface area (Å²) in [6.45, 7) is 7.05. The topological polar surface area (TPSA) is 9.23 Å². The minimum absolute atomic E-state index is 0.416. The second-order valence-corrected chi connectivity index (χ2v) is 5.28. The van der Waals surface area contributed by atoms with Crippen LogP contribution in [0.2, 0.25) is 0 Å². The summed E-state index contributed by atoms with van der Waals surface area (Å²) < 4.78 is 5.30. The van der Waals surface area contributed by atoms with Crippen LogP contribution < -0.4 is 4.74 Å². The molecule has 1 aliphatic carbocycles. The largest absolute Gasteiger partial charge is 0.497 e. The van der Waals surface area contributed by atoms with E-state index in [1.807, 2.05) is 0 Å². The minimum atomic E-state index is 0.416. The number of fused-ring (bicyclic) bond motifs is 1. The third kappa shape index (κ3) is 1.75. The third-order valence-electron chi connectivity index (χ3n) is 4.03. The van der Waals surface area contributed by atoms with Gasteiger partial charge in [0.1, 0.15) is 5.75 Å². The molecule has 1 aromatic carbocycles. The van der Waals surface area contributed by atoms with E-state index in [0.29, 0.717) is 11.3 Å². The van der Waals surface area contributed by atoms with Crippen LogP contribution in [0.5, 0.6) is 5.75 Å². The Hall–Kier alpha value is -0.980. The summed E-state index contributed by atoms with van der Waals surface area (Å²) in [6, 6.07) is 6.50. The zero-order chi connectivity index (χ0) is 11.1. The van der Waals surface area contributed by atoms with Gasteiger partial charge >= 0.3 is 0 Å². The summed E-state index contributed by atoms with van der Waals surface area (Å²) in [4.78, 5) is 0. The molecule has 0 fully saturated rings. The highest BCUT2D eigenvalue weighted by atomic mass is 16.5. The van der Waals surface area contributed by atoms with Crippen molar-refractivity contribution in [1.82, 2.24) is 0 Å². The maximum absolute atomic E-state index is 5.30. The van der Waals surface area contributed by atoms with Gasteiger partial charge in [-0.1, -0.05) is 26.8 Å². The summed E-state index contributed by atoms with van der Waals surface area (Å²) in [7, 11) is 1.74. The number of aryl methyl sites for hydroxylation is 1. The van der Waals surface area contributed by atoms with Gasteiger partial charge < -0.3 is 4.74 Å². The number of hydrogen-bond acceptors (Lipinski definition) is 1. The molecule has 0 saturated heterocycles. The molecule has 1 atom stereocenters. The lowest BCUT2D eigenvalue weighted by Crippen LogP contribution is -2.26. The van der Waals surface area contributed by atoms with E-state index in [1.54, 1.807) is 7.11 Å². The van der Waals surface area contributed by atoms with Crippen molar-refractivity contribution in [3.05, 3.63) is 29.3 Å². The summed E-state index contributed by atoms with van der Waals surface area (Å²) in [6.07, 6.45) is 2.49. The molecule has 0 bridgehead atoms. The standard InChI is InChI=1S/C14H20O/c1-10-13-9-12(15-4)6-5-11(13)7-8-14(10,2)3/h5-6,9-10H,7-8H2,1-4H3. The van der Waals surface area contributed by atoms with Crippen LogP contribution >= 0.6 is 0 Å². The zero-order valence-corrected chi connectivity index (χ0v) is 10.1. The van der Waals surface area contributed by atoms with E-state index in [1.165, 1.54) is 24.0 Å². The molecule has 1 aliphatic rings. The van der Waals surface area contributed by atoms with Gasteiger partial charge in [0.05, 0.1) is 7.11 Å². The maximum atomic E-state index is 5.30. The van der Waals surface area contributed by atoms with E-state index < -0.39 is 0 Å². The van der Waals surface area contributed by atoms with Gasteiger partial charge in [-0.2, -0.15) is 0 Å². The quantitative estimate of drug-likeness (QED) is 0.676. The first-order valence-corrected chi connectivity index (χ1v) is 5.71. The van der Waals surface area contributed by atoms with Crippen LogP contribution in [0.15, 0.2) is 18.2 Å². The van der Waals surface area contributed by atoms with Gasteiger partial charge in [-0.15, -0.1) is 0 Å². The first kappa shape index (κ1) is 10.5. The lowest BCUT2D eigenvalue weighted by Gasteiger charge is -2.38. The van der Waals surface area contributed by atoms with E-state index in [4.69, 9.17) is 4.74 Å². The molecule has 0 N–H and O–H groups in total. The molecule has 0 radical (unpaired) electrons. The molecule has 0 aliphatic heterocycles. The molecule has 0 heterocycles. The summed E-state index contributed by atoms with van der Waals surface area (Å²) in [5.41, 5.74) is 3.40. The molecular formula is C14H20O. The second-order valence-electron chi connectivity index (χ2n) is 5.28. The second kappa shape index (κ2) is 3.55. The fourth-order valence-corrected chi connectivity index (χ4v) is 2.43. The van der Waals surface area contributed by atoms with Crippen molar-refractivity contribution in [2.45, 2.75) is 39.5 Å². The highest BCUT2D eigenvalue weighted by Gasteiger charge is 2.32. The molecule has 0 spiro atoms. The molecule has 1 unspecified atom stereocenters. The first-order valence-electron chi connectivity index (χ1n) is 5.71. The average Bonchev–Trinajstić information content (AvgIpc) is 2.24. The van der Waals surface area contributed by atoms with Crippen molar-refractivity contribution in [2.75, 3.05) is 7.11 Å². The monoisotopic (exact) mass is 204 g/mol. The van der Waals surface area contributed by atoms with E-state index in [9.17, 15) is 0 Å². The SMILES string of the molecule is COc1ccc2c(c1)C(C)C(C)(C)CC2. The predicted molar refractivity (Wildman–Crippen MR) is 63.5 cm³/mol.